The Hall–Kier alpha value is -8.22. The van der Waals surface area contributed by atoms with Gasteiger partial charge < -0.3 is 19.6 Å². The molecule has 10 aromatic rings. The zero-order valence-electron chi connectivity index (χ0n) is 35.6. The number of aromatic nitrogens is 2. The molecule has 8 aromatic carbocycles. The highest BCUT2D eigenvalue weighted by molar-refractivity contribution is 6.25. The standard InChI is InChI=1S/C58H42N6/c1-61-47-19-7-11-23-51(47)63(52-24-12-8-20-48(52)61)39-27-29-43-45(35-39)55(57-41-17-5-3-15-37(41)31-33-59-57)44-30-28-40(36-46(44)56(43)58-42-18-6-4-16-38(42)32-34-60-58)64-53-25-13-9-21-49(53)62(2)50-22-10-14-26-54(50)64/h3-9,11-21,23-36H,10,22H2,1-2H3. The number of allylic oxidation sites excluding steroid dienone is 3. The minimum Gasteiger partial charge on any atom is -0.345 e. The van der Waals surface area contributed by atoms with Crippen molar-refractivity contribution in [3.05, 3.63) is 206 Å². The molecule has 2 aliphatic heterocycles. The van der Waals surface area contributed by atoms with Gasteiger partial charge in [-0.05, 0) is 124 Å². The predicted molar refractivity (Wildman–Crippen MR) is 268 cm³/mol. The highest BCUT2D eigenvalue weighted by atomic mass is 15.3. The SMILES string of the molecule is CN1C2=C(C=CCC2)N(c2ccc3c(-c4nccc5ccccc45)c4cc(N5c6ccccc6N(C)c6ccccc65)ccc4c(-c4nccc5ccccc45)c3c2)c2ccccc21. The normalized spacial score (nSPS) is 14.3. The van der Waals surface area contributed by atoms with Gasteiger partial charge in [-0.25, -0.2) is 0 Å². The molecule has 13 rings (SSSR count). The van der Waals surface area contributed by atoms with Crippen LogP contribution in [0.15, 0.2) is 206 Å². The van der Waals surface area contributed by atoms with Crippen molar-refractivity contribution in [1.82, 2.24) is 9.97 Å². The number of pyridine rings is 2. The largest absolute Gasteiger partial charge is 0.345 e. The van der Waals surface area contributed by atoms with Crippen LogP contribution in [-0.2, 0) is 0 Å². The molecule has 0 bridgehead atoms. The fourth-order valence-corrected chi connectivity index (χ4v) is 10.7. The van der Waals surface area contributed by atoms with Gasteiger partial charge >= 0.3 is 0 Å². The molecule has 1 aliphatic carbocycles. The summed E-state index contributed by atoms with van der Waals surface area (Å²) in [7, 11) is 4.37. The zero-order chi connectivity index (χ0) is 42.5. The lowest BCUT2D eigenvalue weighted by Crippen LogP contribution is -2.32. The Kier molecular flexibility index (Phi) is 8.06. The summed E-state index contributed by atoms with van der Waals surface area (Å²) in [6, 6.07) is 61.8. The van der Waals surface area contributed by atoms with Gasteiger partial charge in [0.1, 0.15) is 0 Å². The molecule has 3 aliphatic rings. The molecule has 0 spiro atoms. The molecule has 2 aromatic heterocycles. The topological polar surface area (TPSA) is 38.7 Å². The smallest absolute Gasteiger partial charge is 0.0792 e. The van der Waals surface area contributed by atoms with Crippen molar-refractivity contribution >= 4 is 88.6 Å². The molecule has 64 heavy (non-hydrogen) atoms. The number of nitrogens with zero attached hydrogens (tertiary/aromatic N) is 6. The lowest BCUT2D eigenvalue weighted by Gasteiger charge is -2.41. The molecule has 0 saturated heterocycles. The summed E-state index contributed by atoms with van der Waals surface area (Å²) in [6.45, 7) is 0. The average molecular weight is 823 g/mol. The van der Waals surface area contributed by atoms with Crippen LogP contribution >= 0.6 is 0 Å². The number of anilines is 8. The monoisotopic (exact) mass is 822 g/mol. The maximum atomic E-state index is 5.29. The first-order chi connectivity index (χ1) is 31.6. The number of hydrogen-bond donors (Lipinski definition) is 0. The summed E-state index contributed by atoms with van der Waals surface area (Å²) < 4.78 is 0. The molecule has 0 N–H and O–H groups in total. The van der Waals surface area contributed by atoms with Crippen LogP contribution in [0.25, 0.3) is 65.6 Å². The molecule has 0 fully saturated rings. The molecule has 0 saturated carbocycles. The van der Waals surface area contributed by atoms with Crippen LogP contribution in [0.2, 0.25) is 0 Å². The van der Waals surface area contributed by atoms with Crippen molar-refractivity contribution in [2.24, 2.45) is 0 Å². The third kappa shape index (κ3) is 5.32. The van der Waals surface area contributed by atoms with E-state index in [2.05, 4.69) is 216 Å². The van der Waals surface area contributed by atoms with Crippen LogP contribution in [0.4, 0.5) is 45.5 Å². The molecule has 304 valence electrons. The van der Waals surface area contributed by atoms with Gasteiger partial charge in [-0.3, -0.25) is 9.97 Å². The van der Waals surface area contributed by atoms with E-state index < -0.39 is 0 Å². The molecule has 0 atom stereocenters. The summed E-state index contributed by atoms with van der Waals surface area (Å²) in [4.78, 5) is 20.1. The molecule has 4 heterocycles. The van der Waals surface area contributed by atoms with E-state index in [1.54, 1.807) is 0 Å². The molecule has 6 nitrogen and oxygen atoms in total. The summed E-state index contributed by atoms with van der Waals surface area (Å²) in [6.07, 6.45) is 10.6. The van der Waals surface area contributed by atoms with Crippen LogP contribution < -0.4 is 19.6 Å². The van der Waals surface area contributed by atoms with Crippen molar-refractivity contribution in [2.45, 2.75) is 12.8 Å². The second-order valence-corrected chi connectivity index (χ2v) is 17.0. The van der Waals surface area contributed by atoms with Gasteiger partial charge in [0.2, 0.25) is 0 Å². The van der Waals surface area contributed by atoms with Gasteiger partial charge in [0.05, 0.1) is 51.2 Å². The first-order valence-corrected chi connectivity index (χ1v) is 22.1. The van der Waals surface area contributed by atoms with E-state index in [1.165, 1.54) is 17.1 Å². The molecular weight excluding hydrogens is 781 g/mol. The second kappa shape index (κ2) is 14.2. The van der Waals surface area contributed by atoms with Crippen molar-refractivity contribution < 1.29 is 0 Å². The third-order valence-corrected chi connectivity index (χ3v) is 13.6. The molecule has 6 heteroatoms. The Labute approximate surface area is 371 Å². The molecule has 0 amide bonds. The first-order valence-electron chi connectivity index (χ1n) is 22.1. The number of fused-ring (bicyclic) bond motifs is 7. The number of hydrogen-bond acceptors (Lipinski definition) is 6. The molecular formula is C58H42N6. The number of benzene rings is 8. The first kappa shape index (κ1) is 36.4. The van der Waals surface area contributed by atoms with Crippen LogP contribution in [0.5, 0.6) is 0 Å². The molecule has 0 radical (unpaired) electrons. The van der Waals surface area contributed by atoms with Gasteiger partial charge in [-0.1, -0.05) is 103 Å². The van der Waals surface area contributed by atoms with Crippen molar-refractivity contribution in [3.8, 4) is 22.5 Å². The highest BCUT2D eigenvalue weighted by Crippen LogP contribution is 2.54. The Bertz CT molecular complexity index is 3580. The van der Waals surface area contributed by atoms with E-state index in [9.17, 15) is 0 Å². The second-order valence-electron chi connectivity index (χ2n) is 17.0. The minimum absolute atomic E-state index is 0.958. The predicted octanol–water partition coefficient (Wildman–Crippen LogP) is 15.1. The Morgan fingerprint density at radius 1 is 0.406 bits per heavy atom. The van der Waals surface area contributed by atoms with Crippen LogP contribution in [0.3, 0.4) is 0 Å². The summed E-state index contributed by atoms with van der Waals surface area (Å²) in [5.74, 6) is 0. The summed E-state index contributed by atoms with van der Waals surface area (Å²) in [5, 5.41) is 9.02. The lowest BCUT2D eigenvalue weighted by molar-refractivity contribution is 0.849. The maximum Gasteiger partial charge on any atom is 0.0792 e. The van der Waals surface area contributed by atoms with Crippen molar-refractivity contribution in [1.29, 1.82) is 0 Å². The maximum absolute atomic E-state index is 5.29. The van der Waals surface area contributed by atoms with Gasteiger partial charge in [0, 0.05) is 65.5 Å². The van der Waals surface area contributed by atoms with Crippen LogP contribution in [-0.4, -0.2) is 24.1 Å². The summed E-state index contributed by atoms with van der Waals surface area (Å²) >= 11 is 0. The zero-order valence-corrected chi connectivity index (χ0v) is 35.6. The van der Waals surface area contributed by atoms with E-state index >= 15 is 0 Å². The highest BCUT2D eigenvalue weighted by Gasteiger charge is 2.32. The van der Waals surface area contributed by atoms with Gasteiger partial charge in [0.15, 0.2) is 0 Å². The van der Waals surface area contributed by atoms with E-state index in [0.29, 0.717) is 0 Å². The Balaban J connectivity index is 1.17. The summed E-state index contributed by atoms with van der Waals surface area (Å²) in [5.41, 5.74) is 15.8. The van der Waals surface area contributed by atoms with E-state index in [1.807, 2.05) is 12.4 Å². The molecule has 0 unspecified atom stereocenters. The van der Waals surface area contributed by atoms with Crippen molar-refractivity contribution in [3.63, 3.8) is 0 Å². The fraction of sp³-hybridized carbons (Fsp3) is 0.0690. The lowest BCUT2D eigenvalue weighted by atomic mass is 9.86. The van der Waals surface area contributed by atoms with E-state index in [4.69, 9.17) is 9.97 Å². The van der Waals surface area contributed by atoms with Crippen LogP contribution in [0.1, 0.15) is 12.8 Å². The Morgan fingerprint density at radius 3 is 1.41 bits per heavy atom. The van der Waals surface area contributed by atoms with Crippen molar-refractivity contribution in [2.75, 3.05) is 33.7 Å². The van der Waals surface area contributed by atoms with Gasteiger partial charge in [-0.15, -0.1) is 0 Å². The van der Waals surface area contributed by atoms with E-state index in [0.717, 1.165) is 118 Å². The fourth-order valence-electron chi connectivity index (χ4n) is 10.7. The van der Waals surface area contributed by atoms with Gasteiger partial charge in [0.25, 0.3) is 0 Å². The number of rotatable bonds is 4. The van der Waals surface area contributed by atoms with E-state index in [-0.39, 0.29) is 0 Å². The van der Waals surface area contributed by atoms with Gasteiger partial charge in [-0.2, -0.15) is 0 Å². The average Bonchev–Trinajstić information content (AvgIpc) is 3.35. The van der Waals surface area contributed by atoms with Crippen LogP contribution in [0, 0.1) is 0 Å². The minimum atomic E-state index is 0.958. The quantitative estimate of drug-likeness (QED) is 0.165. The Morgan fingerprint density at radius 2 is 0.859 bits per heavy atom. The number of para-hydroxylation sites is 6. The third-order valence-electron chi connectivity index (χ3n) is 13.6.